The van der Waals surface area contributed by atoms with Crippen molar-refractivity contribution in [2.75, 3.05) is 20.6 Å². The highest BCUT2D eigenvalue weighted by Crippen LogP contribution is 2.14. The molecule has 1 atom stereocenters. The molecule has 7 heteroatoms. The van der Waals surface area contributed by atoms with E-state index in [0.717, 1.165) is 24.5 Å². The number of benzene rings is 1. The molecule has 130 valence electrons. The van der Waals surface area contributed by atoms with Crippen molar-refractivity contribution in [1.29, 1.82) is 0 Å². The largest absolute Gasteiger partial charge is 0.357 e. The van der Waals surface area contributed by atoms with E-state index in [4.69, 9.17) is 0 Å². The van der Waals surface area contributed by atoms with E-state index in [9.17, 15) is 8.42 Å². The molecule has 6 nitrogen and oxygen atoms in total. The number of nitrogens with one attached hydrogen (secondary N) is 2. The lowest BCUT2D eigenvalue weighted by Gasteiger charge is -2.16. The van der Waals surface area contributed by atoms with Gasteiger partial charge in [-0.05, 0) is 38.0 Å². The van der Waals surface area contributed by atoms with E-state index in [-0.39, 0.29) is 0 Å². The van der Waals surface area contributed by atoms with Crippen LogP contribution in [0, 0.1) is 0 Å². The first-order valence-corrected chi connectivity index (χ1v) is 9.31. The third-order valence-electron chi connectivity index (χ3n) is 3.46. The molecule has 0 amide bonds. The molecule has 23 heavy (non-hydrogen) atoms. The van der Waals surface area contributed by atoms with E-state index < -0.39 is 10.0 Å². The number of sulfonamides is 1. The molecule has 1 unspecified atom stereocenters. The topological polar surface area (TPSA) is 73.8 Å². The van der Waals surface area contributed by atoms with Gasteiger partial charge in [-0.15, -0.1) is 0 Å². The van der Waals surface area contributed by atoms with Gasteiger partial charge in [0, 0.05) is 26.7 Å². The van der Waals surface area contributed by atoms with E-state index in [0.29, 0.717) is 17.5 Å². The van der Waals surface area contributed by atoms with Crippen LogP contribution in [0.4, 0.5) is 0 Å². The molecule has 0 heterocycles. The molecule has 1 aromatic rings. The summed E-state index contributed by atoms with van der Waals surface area (Å²) in [5.74, 6) is 0.770. The van der Waals surface area contributed by atoms with Crippen LogP contribution in [0.1, 0.15) is 32.8 Å². The fourth-order valence-corrected chi connectivity index (χ4v) is 2.71. The maximum Gasteiger partial charge on any atom is 0.242 e. The molecule has 0 aromatic heterocycles. The highest BCUT2D eigenvalue weighted by Gasteiger charge is 2.16. The van der Waals surface area contributed by atoms with Gasteiger partial charge in [0.25, 0.3) is 0 Å². The Morgan fingerprint density at radius 1 is 1.22 bits per heavy atom. The van der Waals surface area contributed by atoms with E-state index in [1.54, 1.807) is 24.3 Å². The van der Waals surface area contributed by atoms with Crippen molar-refractivity contribution in [3.8, 4) is 0 Å². The minimum atomic E-state index is -3.38. The van der Waals surface area contributed by atoms with Gasteiger partial charge < -0.3 is 10.6 Å². The summed E-state index contributed by atoms with van der Waals surface area (Å²) in [5, 5.41) is 6.53. The Morgan fingerprint density at radius 3 is 2.30 bits per heavy atom. The van der Waals surface area contributed by atoms with Gasteiger partial charge in [-0.3, -0.25) is 0 Å². The fourth-order valence-electron chi connectivity index (χ4n) is 1.80. The second-order valence-electron chi connectivity index (χ2n) is 5.58. The quantitative estimate of drug-likeness (QED) is 0.586. The number of rotatable bonds is 7. The second kappa shape index (κ2) is 8.88. The van der Waals surface area contributed by atoms with Crippen molar-refractivity contribution in [2.24, 2.45) is 4.99 Å². The predicted molar refractivity (Wildman–Crippen MR) is 95.0 cm³/mol. The van der Waals surface area contributed by atoms with Gasteiger partial charge in [0.1, 0.15) is 0 Å². The molecular formula is C16H28N4O2S. The van der Waals surface area contributed by atoms with Crippen LogP contribution >= 0.6 is 0 Å². The zero-order chi connectivity index (χ0) is 17.5. The van der Waals surface area contributed by atoms with Gasteiger partial charge in [0.15, 0.2) is 5.96 Å². The van der Waals surface area contributed by atoms with Crippen LogP contribution in [0.25, 0.3) is 0 Å². The van der Waals surface area contributed by atoms with E-state index in [1.807, 2.05) is 6.92 Å². The van der Waals surface area contributed by atoms with Crippen LogP contribution in [-0.2, 0) is 16.6 Å². The molecule has 1 rings (SSSR count). The van der Waals surface area contributed by atoms with Gasteiger partial charge in [0.2, 0.25) is 10.0 Å². The summed E-state index contributed by atoms with van der Waals surface area (Å²) in [5.41, 5.74) is 0.962. The Balaban J connectivity index is 2.82. The Labute approximate surface area is 140 Å². The molecule has 1 aromatic carbocycles. The molecular weight excluding hydrogens is 312 g/mol. The third-order valence-corrected chi connectivity index (χ3v) is 5.29. The van der Waals surface area contributed by atoms with Gasteiger partial charge >= 0.3 is 0 Å². The SMILES string of the molecule is CCNC(=NCc1ccc(S(=O)(=O)N(C)C)cc1)NC(C)CC. The summed E-state index contributed by atoms with van der Waals surface area (Å²) < 4.78 is 25.3. The number of aliphatic imine (C=N–C) groups is 1. The van der Waals surface area contributed by atoms with Crippen molar-refractivity contribution in [2.45, 2.75) is 44.7 Å². The Kier molecular flexibility index (Phi) is 7.51. The van der Waals surface area contributed by atoms with Gasteiger partial charge in [-0.1, -0.05) is 19.1 Å². The lowest BCUT2D eigenvalue weighted by atomic mass is 10.2. The summed E-state index contributed by atoms with van der Waals surface area (Å²) in [6.07, 6.45) is 1.02. The first-order valence-electron chi connectivity index (χ1n) is 7.87. The highest BCUT2D eigenvalue weighted by molar-refractivity contribution is 7.89. The molecule has 0 saturated carbocycles. The van der Waals surface area contributed by atoms with Crippen molar-refractivity contribution in [3.05, 3.63) is 29.8 Å². The van der Waals surface area contributed by atoms with Crippen molar-refractivity contribution in [3.63, 3.8) is 0 Å². The summed E-state index contributed by atoms with van der Waals surface area (Å²) in [7, 11) is -0.331. The molecule has 0 fully saturated rings. The maximum absolute atomic E-state index is 12.0. The number of nitrogens with zero attached hydrogens (tertiary/aromatic N) is 2. The number of hydrogen-bond donors (Lipinski definition) is 2. The average Bonchev–Trinajstić information content (AvgIpc) is 2.52. The van der Waals surface area contributed by atoms with E-state index in [1.165, 1.54) is 18.4 Å². The molecule has 0 radical (unpaired) electrons. The first kappa shape index (κ1) is 19.4. The predicted octanol–water partition coefficient (Wildman–Crippen LogP) is 1.79. The highest BCUT2D eigenvalue weighted by atomic mass is 32.2. The Bertz CT molecular complexity index is 609. The van der Waals surface area contributed by atoms with Gasteiger partial charge in [-0.2, -0.15) is 0 Å². The monoisotopic (exact) mass is 340 g/mol. The third kappa shape index (κ3) is 5.84. The average molecular weight is 340 g/mol. The van der Waals surface area contributed by atoms with E-state index in [2.05, 4.69) is 29.5 Å². The van der Waals surface area contributed by atoms with Crippen LogP contribution in [0.3, 0.4) is 0 Å². The van der Waals surface area contributed by atoms with Crippen molar-refractivity contribution >= 4 is 16.0 Å². The summed E-state index contributed by atoms with van der Waals surface area (Å²) in [6.45, 7) is 7.53. The Morgan fingerprint density at radius 2 is 1.83 bits per heavy atom. The Hall–Kier alpha value is -1.60. The maximum atomic E-state index is 12.0. The molecule has 0 bridgehead atoms. The number of hydrogen-bond acceptors (Lipinski definition) is 3. The minimum Gasteiger partial charge on any atom is -0.357 e. The zero-order valence-electron chi connectivity index (χ0n) is 14.6. The van der Waals surface area contributed by atoms with Crippen LogP contribution in [0.2, 0.25) is 0 Å². The molecule has 0 aliphatic carbocycles. The molecule has 0 aliphatic heterocycles. The summed E-state index contributed by atoms with van der Waals surface area (Å²) in [6, 6.07) is 7.18. The molecule has 0 aliphatic rings. The van der Waals surface area contributed by atoms with E-state index >= 15 is 0 Å². The lowest BCUT2D eigenvalue weighted by Crippen LogP contribution is -2.41. The molecule has 0 saturated heterocycles. The summed E-state index contributed by atoms with van der Waals surface area (Å²) >= 11 is 0. The smallest absolute Gasteiger partial charge is 0.242 e. The van der Waals surface area contributed by atoms with Crippen LogP contribution < -0.4 is 10.6 Å². The van der Waals surface area contributed by atoms with Gasteiger partial charge in [-0.25, -0.2) is 17.7 Å². The molecule has 0 spiro atoms. The molecule has 2 N–H and O–H groups in total. The minimum absolute atomic E-state index is 0.292. The van der Waals surface area contributed by atoms with Crippen LogP contribution in [0.5, 0.6) is 0 Å². The first-order chi connectivity index (χ1) is 10.8. The van der Waals surface area contributed by atoms with Crippen molar-refractivity contribution in [1.82, 2.24) is 14.9 Å². The number of guanidine groups is 1. The van der Waals surface area contributed by atoms with Crippen LogP contribution in [0.15, 0.2) is 34.2 Å². The zero-order valence-corrected chi connectivity index (χ0v) is 15.4. The normalized spacial score (nSPS) is 13.9. The standard InChI is InChI=1S/C16H28N4O2S/c1-6-13(3)19-16(17-7-2)18-12-14-8-10-15(11-9-14)23(21,22)20(4)5/h8-11,13H,6-7,12H2,1-5H3,(H2,17,18,19). The fraction of sp³-hybridized carbons (Fsp3) is 0.562. The van der Waals surface area contributed by atoms with Crippen LogP contribution in [-0.4, -0.2) is 45.4 Å². The lowest BCUT2D eigenvalue weighted by molar-refractivity contribution is 0.520. The summed E-state index contributed by atoms with van der Waals surface area (Å²) in [4.78, 5) is 4.82. The van der Waals surface area contributed by atoms with Crippen molar-refractivity contribution < 1.29 is 8.42 Å². The van der Waals surface area contributed by atoms with Gasteiger partial charge in [0.05, 0.1) is 11.4 Å². The second-order valence-corrected chi connectivity index (χ2v) is 7.73.